The molecule has 1 fully saturated rings. The number of nitrogens with zero attached hydrogens (tertiary/aromatic N) is 5. The van der Waals surface area contributed by atoms with E-state index in [0.717, 1.165) is 45.3 Å². The van der Waals surface area contributed by atoms with Crippen LogP contribution in [-0.4, -0.2) is 87.1 Å². The Morgan fingerprint density at radius 2 is 0.983 bits per heavy atom. The first-order valence-electron chi connectivity index (χ1n) is 19.0. The Bertz CT molecular complexity index is 2370. The highest BCUT2D eigenvalue weighted by Crippen LogP contribution is 2.29. The Morgan fingerprint density at radius 1 is 0.600 bits per heavy atom. The van der Waals surface area contributed by atoms with E-state index in [1.54, 1.807) is 45.4 Å². The zero-order chi connectivity index (χ0) is 42.8. The summed E-state index contributed by atoms with van der Waals surface area (Å²) in [6.07, 6.45) is 3.14. The molecule has 17 heteroatoms. The van der Waals surface area contributed by atoms with E-state index in [1.165, 1.54) is 20.9 Å². The summed E-state index contributed by atoms with van der Waals surface area (Å²) in [5.41, 5.74) is 3.40. The molecule has 6 aromatic rings. The predicted molar refractivity (Wildman–Crippen MR) is 225 cm³/mol. The molecule has 2 aromatic heterocycles. The molecular formula is C43H50N6O9S2. The third-order valence-corrected chi connectivity index (χ3v) is 13.2. The molecule has 0 amide bonds. The second-order valence-electron chi connectivity index (χ2n) is 14.5. The monoisotopic (exact) mass is 858 g/mol. The van der Waals surface area contributed by atoms with Crippen LogP contribution in [0.1, 0.15) is 29.2 Å². The van der Waals surface area contributed by atoms with Crippen molar-refractivity contribution in [1.29, 1.82) is 0 Å². The quantitative estimate of drug-likeness (QED) is 0.105. The molecule has 0 spiro atoms. The topological polar surface area (TPSA) is 167 Å². The van der Waals surface area contributed by atoms with Gasteiger partial charge in [0.1, 0.15) is 23.0 Å². The van der Waals surface area contributed by atoms with E-state index < -0.39 is 20.0 Å². The number of hydrogen-bond acceptors (Lipinski definition) is 11. The summed E-state index contributed by atoms with van der Waals surface area (Å²) in [6, 6.07) is 32.4. The molecule has 1 saturated heterocycles. The summed E-state index contributed by atoms with van der Waals surface area (Å²) in [5.74, 6) is 2.87. The number of rotatable bonds is 18. The molecule has 0 atom stereocenters. The highest BCUT2D eigenvalue weighted by molar-refractivity contribution is 7.89. The maximum atomic E-state index is 13.6. The summed E-state index contributed by atoms with van der Waals surface area (Å²) in [5, 5.41) is 10.8. The second kappa shape index (κ2) is 19.6. The maximum Gasteiger partial charge on any atom is 0.262 e. The molecule has 1 aliphatic heterocycles. The van der Waals surface area contributed by atoms with Crippen molar-refractivity contribution in [3.8, 4) is 23.0 Å². The van der Waals surface area contributed by atoms with Crippen molar-refractivity contribution in [3.63, 3.8) is 0 Å². The highest BCUT2D eigenvalue weighted by atomic mass is 32.2. The number of methoxy groups -OCH3 is 4. The third-order valence-electron chi connectivity index (χ3n) is 9.83. The average Bonchev–Trinajstić information content (AvgIpc) is 3.98. The Balaban J connectivity index is 0.000000205. The molecule has 0 radical (unpaired) electrons. The van der Waals surface area contributed by atoms with Crippen molar-refractivity contribution in [3.05, 3.63) is 144 Å². The number of ether oxygens (including phenoxy) is 5. The highest BCUT2D eigenvalue weighted by Gasteiger charge is 2.35. The normalized spacial score (nSPS) is 13.6. The maximum absolute atomic E-state index is 13.6. The van der Waals surface area contributed by atoms with Crippen LogP contribution >= 0.6 is 0 Å². The first-order valence-corrected chi connectivity index (χ1v) is 21.8. The predicted octanol–water partition coefficient (Wildman–Crippen LogP) is 6.15. The summed E-state index contributed by atoms with van der Waals surface area (Å²) < 4.78 is 84.0. The number of benzene rings is 4. The number of H-pyrrole nitrogens is 1. The van der Waals surface area contributed by atoms with E-state index in [-0.39, 0.29) is 41.6 Å². The lowest BCUT2D eigenvalue weighted by Gasteiger charge is -2.37. The Kier molecular flexibility index (Phi) is 14.3. The van der Waals surface area contributed by atoms with E-state index in [2.05, 4.69) is 22.2 Å². The molecule has 0 saturated carbocycles. The molecule has 1 N–H and O–H groups in total. The standard InChI is InChI=1S/C24H29N3O5S.C19H21N3O4S/c1-24(17-32-18-24)16-26-13-12-23(25-26)33(28,29)27(14-19-4-8-21(30-2)9-5-19)15-20-6-10-22(31-3)11-7-20;1-25-17-7-3-15(4-8-17)13-22(27(23,24)19-11-12-20-21-19)14-16-5-9-18(26-2)10-6-16/h4-13H,14-18H2,1-3H3;3-12H,13-14H2,1-2H3,(H,20,21). The van der Waals surface area contributed by atoms with Gasteiger partial charge in [-0.25, -0.2) is 16.8 Å². The van der Waals surface area contributed by atoms with Crippen LogP contribution in [0.25, 0.3) is 0 Å². The number of nitrogens with one attached hydrogen (secondary N) is 1. The van der Waals surface area contributed by atoms with E-state index in [0.29, 0.717) is 19.8 Å². The molecule has 0 unspecified atom stereocenters. The molecule has 1 aliphatic rings. The van der Waals surface area contributed by atoms with Gasteiger partial charge >= 0.3 is 0 Å². The van der Waals surface area contributed by atoms with E-state index in [1.807, 2.05) is 97.1 Å². The van der Waals surface area contributed by atoms with E-state index >= 15 is 0 Å². The summed E-state index contributed by atoms with van der Waals surface area (Å²) >= 11 is 0. The van der Waals surface area contributed by atoms with Gasteiger partial charge in [-0.1, -0.05) is 55.5 Å². The fourth-order valence-electron chi connectivity index (χ4n) is 6.35. The van der Waals surface area contributed by atoms with Gasteiger partial charge in [0.15, 0.2) is 10.1 Å². The smallest absolute Gasteiger partial charge is 0.262 e. The van der Waals surface area contributed by atoms with Gasteiger partial charge in [0.25, 0.3) is 20.0 Å². The van der Waals surface area contributed by atoms with Gasteiger partial charge in [-0.2, -0.15) is 18.8 Å². The Labute approximate surface area is 351 Å². The van der Waals surface area contributed by atoms with Crippen LogP contribution in [0.3, 0.4) is 0 Å². The minimum Gasteiger partial charge on any atom is -0.497 e. The van der Waals surface area contributed by atoms with Gasteiger partial charge in [0.2, 0.25) is 0 Å². The molecular weight excluding hydrogens is 809 g/mol. The van der Waals surface area contributed by atoms with Gasteiger partial charge in [-0.15, -0.1) is 0 Å². The van der Waals surface area contributed by atoms with Crippen LogP contribution in [0.5, 0.6) is 23.0 Å². The van der Waals surface area contributed by atoms with Crippen molar-refractivity contribution in [1.82, 2.24) is 28.6 Å². The fraction of sp³-hybridized carbons (Fsp3) is 0.302. The average molecular weight is 859 g/mol. The minimum absolute atomic E-state index is 0.0150. The van der Waals surface area contributed by atoms with Gasteiger partial charge in [0, 0.05) is 37.8 Å². The van der Waals surface area contributed by atoms with Crippen LogP contribution in [0.2, 0.25) is 0 Å². The Hall–Kier alpha value is -5.72. The van der Waals surface area contributed by atoms with Crippen LogP contribution < -0.4 is 18.9 Å². The number of sulfonamides is 2. The lowest BCUT2D eigenvalue weighted by atomic mass is 9.89. The van der Waals surface area contributed by atoms with E-state index in [4.69, 9.17) is 23.7 Å². The van der Waals surface area contributed by atoms with Gasteiger partial charge in [-0.3, -0.25) is 9.78 Å². The van der Waals surface area contributed by atoms with Gasteiger partial charge in [-0.05, 0) is 82.9 Å². The van der Waals surface area contributed by atoms with Crippen molar-refractivity contribution in [2.75, 3.05) is 41.7 Å². The SMILES string of the molecule is COc1ccc(CN(Cc2ccc(OC)cc2)S(=O)(=O)c2ccn(CC3(C)COC3)n2)cc1.COc1ccc(CN(Cc2ccc(OC)cc2)S(=O)(=O)c2ccn[nH]2)cc1. The zero-order valence-corrected chi connectivity index (χ0v) is 35.9. The third kappa shape index (κ3) is 11.1. The molecule has 318 valence electrons. The molecule has 4 aromatic carbocycles. The first-order chi connectivity index (χ1) is 28.8. The zero-order valence-electron chi connectivity index (χ0n) is 34.2. The number of aromatic nitrogens is 4. The van der Waals surface area contributed by atoms with Gasteiger partial charge in [0.05, 0.1) is 54.4 Å². The van der Waals surface area contributed by atoms with Crippen LogP contribution in [0.4, 0.5) is 0 Å². The van der Waals surface area contributed by atoms with Crippen LogP contribution in [0, 0.1) is 5.41 Å². The molecule has 15 nitrogen and oxygen atoms in total. The number of hydrogen-bond donors (Lipinski definition) is 1. The van der Waals surface area contributed by atoms with Gasteiger partial charge < -0.3 is 23.7 Å². The van der Waals surface area contributed by atoms with Crippen molar-refractivity contribution in [2.45, 2.75) is 49.7 Å². The van der Waals surface area contributed by atoms with E-state index in [9.17, 15) is 16.8 Å². The Morgan fingerprint density at radius 3 is 1.30 bits per heavy atom. The molecule has 0 aliphatic carbocycles. The number of aromatic amines is 1. The molecule has 60 heavy (non-hydrogen) atoms. The van der Waals surface area contributed by atoms with Crippen LogP contribution in [-0.2, 0) is 57.5 Å². The summed E-state index contributed by atoms with van der Waals surface area (Å²) in [7, 11) is -1.20. The van der Waals surface area contributed by atoms with Crippen molar-refractivity contribution in [2.24, 2.45) is 5.41 Å². The summed E-state index contributed by atoms with van der Waals surface area (Å²) in [4.78, 5) is 0. The fourth-order valence-corrected chi connectivity index (χ4v) is 9.01. The van der Waals surface area contributed by atoms with Crippen molar-refractivity contribution >= 4 is 20.0 Å². The summed E-state index contributed by atoms with van der Waals surface area (Å²) in [6.45, 7) is 4.86. The molecule has 0 bridgehead atoms. The molecule has 7 rings (SSSR count). The van der Waals surface area contributed by atoms with Crippen molar-refractivity contribution < 1.29 is 40.5 Å². The lowest BCUT2D eigenvalue weighted by Crippen LogP contribution is -2.43. The lowest BCUT2D eigenvalue weighted by molar-refractivity contribution is -0.111. The second-order valence-corrected chi connectivity index (χ2v) is 18.3. The first kappa shape index (κ1) is 43.8. The minimum atomic E-state index is -3.84. The largest absolute Gasteiger partial charge is 0.497 e. The molecule has 3 heterocycles. The van der Waals surface area contributed by atoms with Crippen LogP contribution in [0.15, 0.2) is 132 Å².